The average molecular weight is 382 g/mol. The standard InChI is InChI=1S/C18H26N2O5S/c1-12(2)11-16(19-13(3)21)17(22)20-15(18(23)24)9-10-26(25)14-7-5-4-6-8-14/h4-8,12,15-16H,9-11H2,1-3H3,(H,19,21)(H,20,22)(H,23,24)/t15-,16+,26+/m1/s1. The smallest absolute Gasteiger partial charge is 0.326 e. The van der Waals surface area contributed by atoms with Gasteiger partial charge < -0.3 is 15.7 Å². The van der Waals surface area contributed by atoms with Crippen LogP contribution in [0.2, 0.25) is 0 Å². The molecule has 0 bridgehead atoms. The Labute approximate surface area is 156 Å². The van der Waals surface area contributed by atoms with Gasteiger partial charge in [0.05, 0.1) is 10.8 Å². The lowest BCUT2D eigenvalue weighted by Gasteiger charge is -2.22. The summed E-state index contributed by atoms with van der Waals surface area (Å²) in [7, 11) is -1.35. The van der Waals surface area contributed by atoms with E-state index in [1.807, 2.05) is 13.8 Å². The summed E-state index contributed by atoms with van der Waals surface area (Å²) in [5.74, 6) is -1.85. The number of hydrogen-bond acceptors (Lipinski definition) is 4. The zero-order valence-corrected chi connectivity index (χ0v) is 16.0. The van der Waals surface area contributed by atoms with Crippen LogP contribution >= 0.6 is 0 Å². The average Bonchev–Trinajstić information content (AvgIpc) is 2.57. The maximum Gasteiger partial charge on any atom is 0.326 e. The van der Waals surface area contributed by atoms with Crippen molar-refractivity contribution in [2.75, 3.05) is 5.75 Å². The fourth-order valence-corrected chi connectivity index (χ4v) is 3.54. The molecule has 0 spiro atoms. The van der Waals surface area contributed by atoms with E-state index in [-0.39, 0.29) is 24.0 Å². The molecular formula is C18H26N2O5S. The molecule has 0 fully saturated rings. The molecule has 0 aliphatic heterocycles. The van der Waals surface area contributed by atoms with Crippen LogP contribution in [0.3, 0.4) is 0 Å². The topological polar surface area (TPSA) is 113 Å². The van der Waals surface area contributed by atoms with Crippen molar-refractivity contribution in [1.82, 2.24) is 10.6 Å². The second kappa shape index (κ2) is 10.7. The van der Waals surface area contributed by atoms with Gasteiger partial charge in [-0.05, 0) is 30.9 Å². The molecule has 1 rings (SSSR count). The molecule has 7 nitrogen and oxygen atoms in total. The lowest BCUT2D eigenvalue weighted by Crippen LogP contribution is -2.52. The number of carboxylic acids is 1. The molecule has 3 atom stereocenters. The van der Waals surface area contributed by atoms with E-state index in [2.05, 4.69) is 10.6 Å². The molecule has 0 heterocycles. The van der Waals surface area contributed by atoms with Crippen LogP contribution in [-0.2, 0) is 25.2 Å². The summed E-state index contributed by atoms with van der Waals surface area (Å²) >= 11 is 0. The zero-order chi connectivity index (χ0) is 19.7. The van der Waals surface area contributed by atoms with E-state index in [4.69, 9.17) is 0 Å². The van der Waals surface area contributed by atoms with E-state index >= 15 is 0 Å². The number of rotatable bonds is 10. The number of carbonyl (C=O) groups is 3. The lowest BCUT2D eigenvalue weighted by atomic mass is 10.0. The molecule has 0 aliphatic carbocycles. The highest BCUT2D eigenvalue weighted by Gasteiger charge is 2.26. The van der Waals surface area contributed by atoms with Crippen molar-refractivity contribution in [3.63, 3.8) is 0 Å². The minimum atomic E-state index is -1.35. The Morgan fingerprint density at radius 3 is 2.19 bits per heavy atom. The van der Waals surface area contributed by atoms with Crippen molar-refractivity contribution in [3.05, 3.63) is 30.3 Å². The second-order valence-corrected chi connectivity index (χ2v) is 8.00. The van der Waals surface area contributed by atoms with E-state index in [9.17, 15) is 23.7 Å². The molecule has 3 N–H and O–H groups in total. The molecule has 0 aromatic heterocycles. The van der Waals surface area contributed by atoms with Gasteiger partial charge in [-0.1, -0.05) is 32.0 Å². The first kappa shape index (κ1) is 21.8. The SMILES string of the molecule is CC(=O)N[C@@H](CC(C)C)C(=O)N[C@H](CC[S@](=O)c1ccccc1)C(=O)O. The van der Waals surface area contributed by atoms with Crippen LogP contribution in [-0.4, -0.2) is 44.9 Å². The highest BCUT2D eigenvalue weighted by Crippen LogP contribution is 2.09. The van der Waals surface area contributed by atoms with Crippen LogP contribution in [0.1, 0.15) is 33.6 Å². The van der Waals surface area contributed by atoms with E-state index in [0.29, 0.717) is 11.3 Å². The Balaban J connectivity index is 2.70. The van der Waals surface area contributed by atoms with E-state index < -0.39 is 34.8 Å². The van der Waals surface area contributed by atoms with Crippen LogP contribution in [0.15, 0.2) is 35.2 Å². The number of carbonyl (C=O) groups excluding carboxylic acids is 2. The number of benzene rings is 1. The molecule has 1 aromatic rings. The highest BCUT2D eigenvalue weighted by atomic mass is 32.2. The lowest BCUT2D eigenvalue weighted by molar-refractivity contribution is -0.142. The largest absolute Gasteiger partial charge is 0.480 e. The summed E-state index contributed by atoms with van der Waals surface area (Å²) in [4.78, 5) is 35.7. The first-order valence-corrected chi connectivity index (χ1v) is 9.76. The zero-order valence-electron chi connectivity index (χ0n) is 15.2. The summed E-state index contributed by atoms with van der Waals surface area (Å²) < 4.78 is 12.2. The van der Waals surface area contributed by atoms with Gasteiger partial charge in [0, 0.05) is 17.6 Å². The van der Waals surface area contributed by atoms with Gasteiger partial charge in [-0.25, -0.2) is 4.79 Å². The van der Waals surface area contributed by atoms with Gasteiger partial charge in [0.25, 0.3) is 0 Å². The summed E-state index contributed by atoms with van der Waals surface area (Å²) in [5.41, 5.74) is 0. The molecule has 2 amide bonds. The van der Waals surface area contributed by atoms with Crippen LogP contribution < -0.4 is 10.6 Å². The highest BCUT2D eigenvalue weighted by molar-refractivity contribution is 7.85. The third kappa shape index (κ3) is 7.77. The van der Waals surface area contributed by atoms with E-state index in [1.54, 1.807) is 30.3 Å². The van der Waals surface area contributed by atoms with Gasteiger partial charge in [0.15, 0.2) is 0 Å². The Kier molecular flexibility index (Phi) is 8.98. The monoisotopic (exact) mass is 382 g/mol. The van der Waals surface area contributed by atoms with Gasteiger partial charge in [0.2, 0.25) is 11.8 Å². The molecule has 26 heavy (non-hydrogen) atoms. The van der Waals surface area contributed by atoms with Crippen molar-refractivity contribution >= 4 is 28.6 Å². The first-order chi connectivity index (χ1) is 12.2. The minimum Gasteiger partial charge on any atom is -0.480 e. The summed E-state index contributed by atoms with van der Waals surface area (Å²) in [6, 6.07) is 6.77. The van der Waals surface area contributed by atoms with Crippen molar-refractivity contribution in [1.29, 1.82) is 0 Å². The van der Waals surface area contributed by atoms with E-state index in [0.717, 1.165) is 0 Å². The minimum absolute atomic E-state index is 0.0248. The molecule has 0 saturated carbocycles. The molecule has 0 aliphatic rings. The maximum atomic E-state index is 12.4. The molecular weight excluding hydrogens is 356 g/mol. The van der Waals surface area contributed by atoms with Gasteiger partial charge in [-0.15, -0.1) is 0 Å². The predicted molar refractivity (Wildman–Crippen MR) is 99.0 cm³/mol. The Morgan fingerprint density at radius 2 is 1.69 bits per heavy atom. The molecule has 0 saturated heterocycles. The predicted octanol–water partition coefficient (Wildman–Crippen LogP) is 1.30. The molecule has 144 valence electrons. The number of hydrogen-bond donors (Lipinski definition) is 3. The van der Waals surface area contributed by atoms with Crippen LogP contribution in [0.25, 0.3) is 0 Å². The van der Waals surface area contributed by atoms with Crippen molar-refractivity contribution in [2.45, 2.75) is 50.6 Å². The second-order valence-electron chi connectivity index (χ2n) is 6.43. The van der Waals surface area contributed by atoms with Gasteiger partial charge in [0.1, 0.15) is 12.1 Å². The fourth-order valence-electron chi connectivity index (χ4n) is 2.39. The summed E-state index contributed by atoms with van der Waals surface area (Å²) in [6.45, 7) is 5.11. The number of amides is 2. The first-order valence-electron chi connectivity index (χ1n) is 8.44. The third-order valence-corrected chi connectivity index (χ3v) is 5.02. The summed E-state index contributed by atoms with van der Waals surface area (Å²) in [6.07, 6.45) is 0.421. The van der Waals surface area contributed by atoms with E-state index in [1.165, 1.54) is 6.92 Å². The molecule has 0 radical (unpaired) electrons. The summed E-state index contributed by atoms with van der Waals surface area (Å²) in [5, 5.41) is 14.3. The maximum absolute atomic E-state index is 12.4. The Bertz CT molecular complexity index is 648. The van der Waals surface area contributed by atoms with Crippen LogP contribution in [0.4, 0.5) is 0 Å². The van der Waals surface area contributed by atoms with Crippen LogP contribution in [0.5, 0.6) is 0 Å². The van der Waals surface area contributed by atoms with Crippen molar-refractivity contribution in [3.8, 4) is 0 Å². The Hall–Kier alpha value is -2.22. The number of carboxylic acid groups (broad SMARTS) is 1. The van der Waals surface area contributed by atoms with Crippen molar-refractivity contribution in [2.24, 2.45) is 5.92 Å². The van der Waals surface area contributed by atoms with Gasteiger partial charge >= 0.3 is 5.97 Å². The normalized spacial score (nSPS) is 14.3. The molecule has 0 unspecified atom stereocenters. The molecule has 8 heteroatoms. The third-order valence-electron chi connectivity index (χ3n) is 3.61. The number of aliphatic carboxylic acids is 1. The molecule has 1 aromatic carbocycles. The Morgan fingerprint density at radius 1 is 1.08 bits per heavy atom. The quantitative estimate of drug-likeness (QED) is 0.565. The fraction of sp³-hybridized carbons (Fsp3) is 0.500. The van der Waals surface area contributed by atoms with Crippen molar-refractivity contribution < 1.29 is 23.7 Å². The van der Waals surface area contributed by atoms with Gasteiger partial charge in [-0.3, -0.25) is 13.8 Å². The number of nitrogens with one attached hydrogen (secondary N) is 2. The van der Waals surface area contributed by atoms with Gasteiger partial charge in [-0.2, -0.15) is 0 Å². The van der Waals surface area contributed by atoms with Crippen LogP contribution in [0, 0.1) is 5.92 Å².